The van der Waals surface area contributed by atoms with Crippen LogP contribution in [0, 0.1) is 11.8 Å². The Hall–Kier alpha value is -0.610. The minimum Gasteiger partial charge on any atom is -0.393 e. The van der Waals surface area contributed by atoms with Crippen molar-refractivity contribution in [1.82, 2.24) is 5.32 Å². The van der Waals surface area contributed by atoms with Crippen molar-refractivity contribution in [2.24, 2.45) is 17.6 Å². The average Bonchev–Trinajstić information content (AvgIpc) is 2.47. The fourth-order valence-electron chi connectivity index (χ4n) is 2.91. The topological polar surface area (TPSA) is 75.4 Å². The van der Waals surface area contributed by atoms with E-state index in [1.165, 1.54) is 6.42 Å². The summed E-state index contributed by atoms with van der Waals surface area (Å²) in [7, 11) is 0. The van der Waals surface area contributed by atoms with Gasteiger partial charge in [0.1, 0.15) is 0 Å². The van der Waals surface area contributed by atoms with Crippen LogP contribution in [0.2, 0.25) is 0 Å². The van der Waals surface area contributed by atoms with Gasteiger partial charge in [-0.15, -0.1) is 0 Å². The summed E-state index contributed by atoms with van der Waals surface area (Å²) in [6, 6.07) is 0.0319. The van der Waals surface area contributed by atoms with Crippen molar-refractivity contribution in [3.63, 3.8) is 0 Å². The van der Waals surface area contributed by atoms with E-state index >= 15 is 0 Å². The molecule has 0 aromatic carbocycles. The van der Waals surface area contributed by atoms with Crippen LogP contribution in [0.5, 0.6) is 0 Å². The summed E-state index contributed by atoms with van der Waals surface area (Å²) in [6.07, 6.45) is 6.89. The fraction of sp³-hybridized carbons (Fsp3) is 0.923. The number of carbonyl (C=O) groups is 1. The van der Waals surface area contributed by atoms with Crippen molar-refractivity contribution in [1.29, 1.82) is 0 Å². The molecule has 17 heavy (non-hydrogen) atoms. The predicted octanol–water partition coefficient (Wildman–Crippen LogP) is 0.781. The normalized spacial score (nSPS) is 38.0. The second kappa shape index (κ2) is 5.83. The first-order valence-electron chi connectivity index (χ1n) is 6.88. The molecular weight excluding hydrogens is 216 g/mol. The first-order chi connectivity index (χ1) is 8.16. The van der Waals surface area contributed by atoms with Crippen LogP contribution in [0.15, 0.2) is 0 Å². The quantitative estimate of drug-likeness (QED) is 0.638. The Labute approximate surface area is 103 Å². The number of nitrogens with two attached hydrogens (primary N) is 1. The summed E-state index contributed by atoms with van der Waals surface area (Å²) in [5, 5.41) is 12.2. The summed E-state index contributed by atoms with van der Waals surface area (Å²) < 4.78 is 0. The minimum atomic E-state index is -0.142. The van der Waals surface area contributed by atoms with Crippen molar-refractivity contribution >= 4 is 5.91 Å². The van der Waals surface area contributed by atoms with Gasteiger partial charge in [0.05, 0.1) is 12.0 Å². The summed E-state index contributed by atoms with van der Waals surface area (Å²) in [6.45, 7) is 0.707. The Morgan fingerprint density at radius 2 is 1.94 bits per heavy atom. The first kappa shape index (κ1) is 12.8. The van der Waals surface area contributed by atoms with Crippen LogP contribution < -0.4 is 11.1 Å². The number of aliphatic hydroxyl groups is 1. The molecule has 0 radical (unpaired) electrons. The van der Waals surface area contributed by atoms with Crippen molar-refractivity contribution in [2.45, 2.75) is 57.1 Å². The Bertz CT molecular complexity index is 264. The van der Waals surface area contributed by atoms with Crippen molar-refractivity contribution in [3.8, 4) is 0 Å². The average molecular weight is 240 g/mol. The molecule has 0 saturated heterocycles. The highest BCUT2D eigenvalue weighted by molar-refractivity contribution is 5.79. The van der Waals surface area contributed by atoms with Crippen LogP contribution in [0.1, 0.15) is 44.9 Å². The second-order valence-corrected chi connectivity index (χ2v) is 5.64. The summed E-state index contributed by atoms with van der Waals surface area (Å²) in [5.74, 6) is 0.597. The van der Waals surface area contributed by atoms with Gasteiger partial charge in [0.25, 0.3) is 0 Å². The van der Waals surface area contributed by atoms with Gasteiger partial charge in [-0.3, -0.25) is 4.79 Å². The molecule has 4 nitrogen and oxygen atoms in total. The van der Waals surface area contributed by atoms with Gasteiger partial charge in [0.15, 0.2) is 0 Å². The molecule has 0 spiro atoms. The summed E-state index contributed by atoms with van der Waals surface area (Å²) in [5.41, 5.74) is 6.05. The molecule has 2 aliphatic carbocycles. The molecular formula is C13H24N2O2. The number of aliphatic hydroxyl groups excluding tert-OH is 1. The zero-order valence-electron chi connectivity index (χ0n) is 10.4. The second-order valence-electron chi connectivity index (χ2n) is 5.64. The molecule has 0 heterocycles. The highest BCUT2D eigenvalue weighted by Crippen LogP contribution is 2.27. The van der Waals surface area contributed by atoms with Crippen LogP contribution in [-0.4, -0.2) is 29.7 Å². The third-order valence-electron chi connectivity index (χ3n) is 4.18. The minimum absolute atomic E-state index is 0.00231. The number of amides is 1. The van der Waals surface area contributed by atoms with Crippen molar-refractivity contribution in [2.75, 3.05) is 6.54 Å². The van der Waals surface area contributed by atoms with Gasteiger partial charge in [0, 0.05) is 12.6 Å². The lowest BCUT2D eigenvalue weighted by atomic mass is 9.82. The van der Waals surface area contributed by atoms with E-state index in [9.17, 15) is 9.90 Å². The maximum Gasteiger partial charge on any atom is 0.224 e. The third kappa shape index (κ3) is 3.42. The van der Waals surface area contributed by atoms with E-state index in [0.717, 1.165) is 38.5 Å². The highest BCUT2D eigenvalue weighted by atomic mass is 16.3. The first-order valence-corrected chi connectivity index (χ1v) is 6.88. The molecule has 0 aromatic rings. The monoisotopic (exact) mass is 240 g/mol. The van der Waals surface area contributed by atoms with E-state index in [1.54, 1.807) is 0 Å². The molecule has 4 N–H and O–H groups in total. The van der Waals surface area contributed by atoms with Crippen molar-refractivity contribution in [3.05, 3.63) is 0 Å². The lowest BCUT2D eigenvalue weighted by Gasteiger charge is -2.32. The van der Waals surface area contributed by atoms with Gasteiger partial charge < -0.3 is 16.2 Å². The van der Waals surface area contributed by atoms with E-state index in [1.807, 2.05) is 0 Å². The van der Waals surface area contributed by atoms with E-state index in [-0.39, 0.29) is 24.0 Å². The van der Waals surface area contributed by atoms with Crippen LogP contribution in [0.3, 0.4) is 0 Å². The Morgan fingerprint density at radius 3 is 2.65 bits per heavy atom. The standard InChI is InChI=1S/C13H24N2O2/c14-12-5-3-1-2-4-11(12)13(17)15-8-9-6-10(16)7-9/h9-12,16H,1-8,14H2,(H,15,17). The molecule has 2 unspecified atom stereocenters. The van der Waals surface area contributed by atoms with Gasteiger partial charge in [-0.2, -0.15) is 0 Å². The molecule has 2 aliphatic rings. The molecule has 4 heteroatoms. The number of hydrogen-bond donors (Lipinski definition) is 3. The maximum atomic E-state index is 12.0. The molecule has 0 bridgehead atoms. The predicted molar refractivity (Wildman–Crippen MR) is 66.3 cm³/mol. The maximum absolute atomic E-state index is 12.0. The van der Waals surface area contributed by atoms with E-state index in [4.69, 9.17) is 5.73 Å². The molecule has 0 aliphatic heterocycles. The molecule has 2 saturated carbocycles. The van der Waals surface area contributed by atoms with Crippen LogP contribution >= 0.6 is 0 Å². The molecule has 1 amide bonds. The number of carbonyl (C=O) groups excluding carboxylic acids is 1. The van der Waals surface area contributed by atoms with Crippen LogP contribution in [0.4, 0.5) is 0 Å². The Kier molecular flexibility index (Phi) is 4.40. The van der Waals surface area contributed by atoms with E-state index < -0.39 is 0 Å². The molecule has 2 fully saturated rings. The lowest BCUT2D eigenvalue weighted by Crippen LogP contribution is -2.45. The number of nitrogens with one attached hydrogen (secondary N) is 1. The van der Waals surface area contributed by atoms with Gasteiger partial charge >= 0.3 is 0 Å². The Balaban J connectivity index is 1.73. The third-order valence-corrected chi connectivity index (χ3v) is 4.18. The lowest BCUT2D eigenvalue weighted by molar-refractivity contribution is -0.126. The van der Waals surface area contributed by atoms with Crippen molar-refractivity contribution < 1.29 is 9.90 Å². The van der Waals surface area contributed by atoms with Gasteiger partial charge in [-0.05, 0) is 31.6 Å². The van der Waals surface area contributed by atoms with Crippen LogP contribution in [0.25, 0.3) is 0 Å². The van der Waals surface area contributed by atoms with Gasteiger partial charge in [0.2, 0.25) is 5.91 Å². The SMILES string of the molecule is NC1CCCCCC1C(=O)NCC1CC(O)C1. The smallest absolute Gasteiger partial charge is 0.224 e. The number of hydrogen-bond acceptors (Lipinski definition) is 3. The van der Waals surface area contributed by atoms with Gasteiger partial charge in [-0.25, -0.2) is 0 Å². The zero-order chi connectivity index (χ0) is 12.3. The fourth-order valence-corrected chi connectivity index (χ4v) is 2.91. The highest BCUT2D eigenvalue weighted by Gasteiger charge is 2.30. The molecule has 0 aromatic heterocycles. The summed E-state index contributed by atoms with van der Waals surface area (Å²) >= 11 is 0. The summed E-state index contributed by atoms with van der Waals surface area (Å²) in [4.78, 5) is 12.0. The Morgan fingerprint density at radius 1 is 1.24 bits per heavy atom. The largest absolute Gasteiger partial charge is 0.393 e. The van der Waals surface area contributed by atoms with E-state index in [0.29, 0.717) is 12.5 Å². The van der Waals surface area contributed by atoms with E-state index in [2.05, 4.69) is 5.32 Å². The van der Waals surface area contributed by atoms with Gasteiger partial charge in [-0.1, -0.05) is 19.3 Å². The molecule has 2 atom stereocenters. The molecule has 2 rings (SSSR count). The number of rotatable bonds is 3. The van der Waals surface area contributed by atoms with Crippen LogP contribution in [-0.2, 0) is 4.79 Å². The molecule has 98 valence electrons. The zero-order valence-corrected chi connectivity index (χ0v) is 10.4.